The van der Waals surface area contributed by atoms with Gasteiger partial charge in [-0.15, -0.1) is 0 Å². The average molecular weight is 335 g/mol. The number of esters is 2. The SMILES string of the molecule is CCOC(=O)CCCNC(C)CC(C)OC(=O)c1ccc(C)cc1. The molecule has 5 nitrogen and oxygen atoms in total. The van der Waals surface area contributed by atoms with Gasteiger partial charge in [0.25, 0.3) is 0 Å². The fourth-order valence-corrected chi connectivity index (χ4v) is 2.38. The lowest BCUT2D eigenvalue weighted by Crippen LogP contribution is -2.32. The van der Waals surface area contributed by atoms with Gasteiger partial charge in [-0.1, -0.05) is 17.7 Å². The molecule has 2 atom stereocenters. The topological polar surface area (TPSA) is 64.6 Å². The molecule has 0 saturated heterocycles. The number of aryl methyl sites for hydroxylation is 1. The second-order valence-electron chi connectivity index (χ2n) is 6.08. The van der Waals surface area contributed by atoms with Gasteiger partial charge in [-0.25, -0.2) is 4.79 Å². The first-order valence-electron chi connectivity index (χ1n) is 8.59. The van der Waals surface area contributed by atoms with E-state index in [1.807, 2.05) is 32.9 Å². The lowest BCUT2D eigenvalue weighted by molar-refractivity contribution is -0.143. The van der Waals surface area contributed by atoms with Crippen molar-refractivity contribution < 1.29 is 19.1 Å². The third kappa shape index (κ3) is 8.11. The van der Waals surface area contributed by atoms with E-state index in [0.717, 1.165) is 24.9 Å². The zero-order valence-electron chi connectivity index (χ0n) is 15.1. The molecule has 0 aliphatic carbocycles. The van der Waals surface area contributed by atoms with E-state index in [1.165, 1.54) is 0 Å². The first-order chi connectivity index (χ1) is 11.4. The largest absolute Gasteiger partial charge is 0.466 e. The molecular weight excluding hydrogens is 306 g/mol. The minimum atomic E-state index is -0.294. The standard InChI is InChI=1S/C19H29NO4/c1-5-23-18(21)7-6-12-20-15(3)13-16(4)24-19(22)17-10-8-14(2)9-11-17/h8-11,15-16,20H,5-7,12-13H2,1-4H3. The van der Waals surface area contributed by atoms with Crippen molar-refractivity contribution in [3.63, 3.8) is 0 Å². The van der Waals surface area contributed by atoms with E-state index in [0.29, 0.717) is 18.6 Å². The second-order valence-corrected chi connectivity index (χ2v) is 6.08. The van der Waals surface area contributed by atoms with Crippen molar-refractivity contribution >= 4 is 11.9 Å². The Hall–Kier alpha value is -1.88. The predicted octanol–water partition coefficient (Wildman–Crippen LogP) is 3.25. The summed E-state index contributed by atoms with van der Waals surface area (Å²) in [6.45, 7) is 8.87. The molecule has 1 N–H and O–H groups in total. The first kappa shape index (κ1) is 20.2. The summed E-state index contributed by atoms with van der Waals surface area (Å²) in [4.78, 5) is 23.3. The fourth-order valence-electron chi connectivity index (χ4n) is 2.38. The number of nitrogens with one attached hydrogen (secondary N) is 1. The van der Waals surface area contributed by atoms with Crippen LogP contribution in [0.15, 0.2) is 24.3 Å². The Morgan fingerprint density at radius 3 is 2.46 bits per heavy atom. The maximum Gasteiger partial charge on any atom is 0.338 e. The number of rotatable bonds is 10. The van der Waals surface area contributed by atoms with Gasteiger partial charge in [0.1, 0.15) is 6.10 Å². The Balaban J connectivity index is 2.23. The quantitative estimate of drug-likeness (QED) is 0.525. The second kappa shape index (κ2) is 10.8. The summed E-state index contributed by atoms with van der Waals surface area (Å²) >= 11 is 0. The molecule has 0 aromatic heterocycles. The number of ether oxygens (including phenoxy) is 2. The first-order valence-corrected chi connectivity index (χ1v) is 8.59. The summed E-state index contributed by atoms with van der Waals surface area (Å²) in [5.74, 6) is -0.454. The Bertz CT molecular complexity index is 513. The number of benzene rings is 1. The molecule has 0 saturated carbocycles. The van der Waals surface area contributed by atoms with Crippen molar-refractivity contribution in [2.24, 2.45) is 0 Å². The zero-order chi connectivity index (χ0) is 17.9. The highest BCUT2D eigenvalue weighted by Gasteiger charge is 2.14. The highest BCUT2D eigenvalue weighted by atomic mass is 16.5. The lowest BCUT2D eigenvalue weighted by atomic mass is 10.1. The van der Waals surface area contributed by atoms with Crippen LogP contribution < -0.4 is 5.32 Å². The van der Waals surface area contributed by atoms with E-state index in [-0.39, 0.29) is 24.1 Å². The third-order valence-electron chi connectivity index (χ3n) is 3.64. The van der Waals surface area contributed by atoms with E-state index in [9.17, 15) is 9.59 Å². The normalized spacial score (nSPS) is 13.2. The lowest BCUT2D eigenvalue weighted by Gasteiger charge is -2.19. The van der Waals surface area contributed by atoms with Crippen LogP contribution in [0.25, 0.3) is 0 Å². The molecule has 1 rings (SSSR count). The van der Waals surface area contributed by atoms with Crippen LogP contribution in [0.2, 0.25) is 0 Å². The number of carbonyl (C=O) groups excluding carboxylic acids is 2. The Morgan fingerprint density at radius 1 is 1.17 bits per heavy atom. The van der Waals surface area contributed by atoms with Gasteiger partial charge in [0.2, 0.25) is 0 Å². The van der Waals surface area contributed by atoms with E-state index < -0.39 is 0 Å². The Labute approximate surface area is 144 Å². The van der Waals surface area contributed by atoms with Gasteiger partial charge in [0.05, 0.1) is 12.2 Å². The third-order valence-corrected chi connectivity index (χ3v) is 3.64. The van der Waals surface area contributed by atoms with Crippen molar-refractivity contribution in [1.29, 1.82) is 0 Å². The molecule has 0 aliphatic heterocycles. The van der Waals surface area contributed by atoms with Crippen LogP contribution in [0.3, 0.4) is 0 Å². The number of hydrogen-bond acceptors (Lipinski definition) is 5. The van der Waals surface area contributed by atoms with Gasteiger partial charge in [0.15, 0.2) is 0 Å². The van der Waals surface area contributed by atoms with Crippen molar-refractivity contribution in [3.8, 4) is 0 Å². The van der Waals surface area contributed by atoms with Crippen LogP contribution in [0.4, 0.5) is 0 Å². The average Bonchev–Trinajstić information content (AvgIpc) is 2.52. The molecular formula is C19H29NO4. The van der Waals surface area contributed by atoms with Crippen molar-refractivity contribution in [3.05, 3.63) is 35.4 Å². The minimum absolute atomic E-state index is 0.160. The molecule has 0 bridgehead atoms. The Kier molecular flexibility index (Phi) is 9.08. The molecule has 24 heavy (non-hydrogen) atoms. The van der Waals surface area contributed by atoms with Gasteiger partial charge in [0, 0.05) is 12.5 Å². The van der Waals surface area contributed by atoms with Gasteiger partial charge >= 0.3 is 11.9 Å². The molecule has 0 spiro atoms. The van der Waals surface area contributed by atoms with Gasteiger partial charge in [-0.05, 0) is 59.2 Å². The molecule has 5 heteroatoms. The van der Waals surface area contributed by atoms with E-state index >= 15 is 0 Å². The summed E-state index contributed by atoms with van der Waals surface area (Å²) in [5, 5.41) is 3.33. The highest BCUT2D eigenvalue weighted by Crippen LogP contribution is 2.09. The summed E-state index contributed by atoms with van der Waals surface area (Å²) in [5.41, 5.74) is 1.68. The Morgan fingerprint density at radius 2 is 1.83 bits per heavy atom. The number of hydrogen-bond donors (Lipinski definition) is 1. The molecule has 0 amide bonds. The van der Waals surface area contributed by atoms with Gasteiger partial charge < -0.3 is 14.8 Å². The van der Waals surface area contributed by atoms with Crippen molar-refractivity contribution in [1.82, 2.24) is 5.32 Å². The maximum absolute atomic E-state index is 12.1. The van der Waals surface area contributed by atoms with E-state index in [4.69, 9.17) is 9.47 Å². The molecule has 0 radical (unpaired) electrons. The minimum Gasteiger partial charge on any atom is -0.466 e. The highest BCUT2D eigenvalue weighted by molar-refractivity contribution is 5.89. The predicted molar refractivity (Wildman–Crippen MR) is 94.0 cm³/mol. The van der Waals surface area contributed by atoms with Gasteiger partial charge in [-0.2, -0.15) is 0 Å². The smallest absolute Gasteiger partial charge is 0.338 e. The molecule has 0 heterocycles. The zero-order valence-corrected chi connectivity index (χ0v) is 15.1. The van der Waals surface area contributed by atoms with Crippen LogP contribution in [0.5, 0.6) is 0 Å². The molecule has 0 fully saturated rings. The monoisotopic (exact) mass is 335 g/mol. The summed E-state index contributed by atoms with van der Waals surface area (Å²) in [6.07, 6.45) is 1.70. The van der Waals surface area contributed by atoms with Crippen LogP contribution in [-0.2, 0) is 14.3 Å². The molecule has 2 unspecified atom stereocenters. The fraction of sp³-hybridized carbons (Fsp3) is 0.579. The van der Waals surface area contributed by atoms with E-state index in [2.05, 4.69) is 5.32 Å². The summed E-state index contributed by atoms with van der Waals surface area (Å²) in [7, 11) is 0. The van der Waals surface area contributed by atoms with Crippen LogP contribution in [0, 0.1) is 6.92 Å². The van der Waals surface area contributed by atoms with Crippen molar-refractivity contribution in [2.75, 3.05) is 13.2 Å². The van der Waals surface area contributed by atoms with Crippen LogP contribution in [0.1, 0.15) is 56.0 Å². The van der Waals surface area contributed by atoms with E-state index in [1.54, 1.807) is 19.1 Å². The van der Waals surface area contributed by atoms with Crippen LogP contribution in [-0.4, -0.2) is 37.2 Å². The maximum atomic E-state index is 12.1. The van der Waals surface area contributed by atoms with Gasteiger partial charge in [-0.3, -0.25) is 4.79 Å². The number of carbonyl (C=O) groups is 2. The van der Waals surface area contributed by atoms with Crippen molar-refractivity contribution in [2.45, 2.75) is 59.1 Å². The molecule has 1 aromatic rings. The van der Waals surface area contributed by atoms with Crippen LogP contribution >= 0.6 is 0 Å². The molecule has 134 valence electrons. The summed E-state index contributed by atoms with van der Waals surface area (Å²) < 4.78 is 10.4. The molecule has 0 aliphatic rings. The summed E-state index contributed by atoms with van der Waals surface area (Å²) in [6, 6.07) is 7.56. The molecule has 1 aromatic carbocycles.